The quantitative estimate of drug-likeness (QED) is 0.660. The van der Waals surface area contributed by atoms with Crippen molar-refractivity contribution in [2.45, 2.75) is 30.2 Å². The molecule has 2 aromatic rings. The average molecular weight is 374 g/mol. The van der Waals surface area contributed by atoms with Crippen LogP contribution in [0.2, 0.25) is 0 Å². The van der Waals surface area contributed by atoms with Crippen molar-refractivity contribution in [1.82, 2.24) is 10.0 Å². The van der Waals surface area contributed by atoms with Crippen molar-refractivity contribution in [2.75, 3.05) is 13.2 Å². The number of rotatable bonds is 9. The fourth-order valence-corrected chi connectivity index (χ4v) is 3.66. The molecule has 138 valence electrons. The second kappa shape index (κ2) is 8.33. The molecule has 3 rings (SSSR count). The Kier molecular flexibility index (Phi) is 5.90. The number of para-hydroxylation sites is 1. The first kappa shape index (κ1) is 18.4. The van der Waals surface area contributed by atoms with Crippen LogP contribution in [0.5, 0.6) is 5.75 Å². The Balaban J connectivity index is 1.43. The van der Waals surface area contributed by atoms with Crippen LogP contribution in [0.25, 0.3) is 0 Å². The number of benzene rings is 2. The van der Waals surface area contributed by atoms with Crippen LogP contribution in [-0.2, 0) is 10.0 Å². The summed E-state index contributed by atoms with van der Waals surface area (Å²) >= 11 is 0. The van der Waals surface area contributed by atoms with Crippen LogP contribution in [-0.4, -0.2) is 33.5 Å². The fraction of sp³-hybridized carbons (Fsp3) is 0.316. The normalized spacial score (nSPS) is 14.0. The van der Waals surface area contributed by atoms with Gasteiger partial charge < -0.3 is 10.1 Å². The van der Waals surface area contributed by atoms with Crippen LogP contribution >= 0.6 is 0 Å². The van der Waals surface area contributed by atoms with Gasteiger partial charge in [-0.3, -0.25) is 4.79 Å². The van der Waals surface area contributed by atoms with E-state index in [-0.39, 0.29) is 16.8 Å². The number of ether oxygens (including phenoxy) is 1. The van der Waals surface area contributed by atoms with Gasteiger partial charge in [-0.05, 0) is 55.7 Å². The summed E-state index contributed by atoms with van der Waals surface area (Å²) in [6, 6.07) is 15.5. The highest BCUT2D eigenvalue weighted by atomic mass is 32.2. The number of amides is 1. The van der Waals surface area contributed by atoms with Crippen LogP contribution in [0.1, 0.15) is 29.6 Å². The molecule has 0 aliphatic heterocycles. The number of sulfonamides is 1. The van der Waals surface area contributed by atoms with Crippen molar-refractivity contribution in [1.29, 1.82) is 0 Å². The highest BCUT2D eigenvalue weighted by Gasteiger charge is 2.27. The summed E-state index contributed by atoms with van der Waals surface area (Å²) in [5, 5.41) is 2.80. The van der Waals surface area contributed by atoms with E-state index in [0.29, 0.717) is 25.1 Å². The number of carbonyl (C=O) groups is 1. The van der Waals surface area contributed by atoms with Gasteiger partial charge in [0.2, 0.25) is 10.0 Å². The molecule has 1 amide bonds. The third-order valence-corrected chi connectivity index (χ3v) is 5.48. The maximum absolute atomic E-state index is 12.1. The molecule has 1 aliphatic rings. The standard InChI is InChI=1S/C19H22N2O4S/c22-19(20-13-4-14-25-17-5-2-1-3-6-17)15-7-11-18(12-8-15)26(23,24)21-16-9-10-16/h1-3,5-8,11-12,16,21H,4,9-10,13-14H2,(H,20,22). The predicted octanol–water partition coefficient (Wildman–Crippen LogP) is 2.33. The topological polar surface area (TPSA) is 84.5 Å². The van der Waals surface area contributed by atoms with Crippen molar-refractivity contribution >= 4 is 15.9 Å². The highest BCUT2D eigenvalue weighted by Crippen LogP contribution is 2.22. The van der Waals surface area contributed by atoms with Gasteiger partial charge in [-0.15, -0.1) is 0 Å². The van der Waals surface area contributed by atoms with Gasteiger partial charge in [-0.1, -0.05) is 18.2 Å². The Morgan fingerprint density at radius 1 is 1.04 bits per heavy atom. The first-order valence-electron chi connectivity index (χ1n) is 8.63. The van der Waals surface area contributed by atoms with Gasteiger partial charge in [-0.25, -0.2) is 13.1 Å². The predicted molar refractivity (Wildman–Crippen MR) is 98.7 cm³/mol. The van der Waals surface area contributed by atoms with Gasteiger partial charge >= 0.3 is 0 Å². The van der Waals surface area contributed by atoms with Crippen LogP contribution in [0.4, 0.5) is 0 Å². The number of hydrogen-bond donors (Lipinski definition) is 2. The minimum atomic E-state index is -3.49. The largest absolute Gasteiger partial charge is 0.494 e. The van der Waals surface area contributed by atoms with Crippen molar-refractivity contribution in [2.24, 2.45) is 0 Å². The van der Waals surface area contributed by atoms with E-state index in [1.165, 1.54) is 24.3 Å². The summed E-state index contributed by atoms with van der Waals surface area (Å²) in [7, 11) is -3.49. The monoisotopic (exact) mass is 374 g/mol. The molecule has 0 aromatic heterocycles. The number of hydrogen-bond acceptors (Lipinski definition) is 4. The molecule has 0 atom stereocenters. The molecule has 0 unspecified atom stereocenters. The van der Waals surface area contributed by atoms with Gasteiger partial charge in [0.25, 0.3) is 5.91 Å². The van der Waals surface area contributed by atoms with E-state index in [2.05, 4.69) is 10.0 Å². The zero-order chi connectivity index (χ0) is 18.4. The minimum absolute atomic E-state index is 0.0566. The fourth-order valence-electron chi connectivity index (χ4n) is 2.36. The Bertz CT molecular complexity index is 832. The smallest absolute Gasteiger partial charge is 0.251 e. The lowest BCUT2D eigenvalue weighted by Gasteiger charge is -2.08. The van der Waals surface area contributed by atoms with Crippen molar-refractivity contribution in [3.63, 3.8) is 0 Å². The summed E-state index contributed by atoms with van der Waals surface area (Å²) in [6.45, 7) is 0.989. The first-order chi connectivity index (χ1) is 12.5. The molecule has 1 fully saturated rings. The summed E-state index contributed by atoms with van der Waals surface area (Å²) < 4.78 is 32.4. The molecule has 1 saturated carbocycles. The zero-order valence-electron chi connectivity index (χ0n) is 14.4. The Labute approximate surface area is 153 Å². The molecule has 0 bridgehead atoms. The van der Waals surface area contributed by atoms with E-state index in [9.17, 15) is 13.2 Å². The molecule has 6 nitrogen and oxygen atoms in total. The molecule has 2 aromatic carbocycles. The van der Waals surface area contributed by atoms with Gasteiger partial charge in [0.05, 0.1) is 11.5 Å². The van der Waals surface area contributed by atoms with Crippen LogP contribution in [0.15, 0.2) is 59.5 Å². The Hall–Kier alpha value is -2.38. The summed E-state index contributed by atoms with van der Waals surface area (Å²) in [4.78, 5) is 12.3. The highest BCUT2D eigenvalue weighted by molar-refractivity contribution is 7.89. The summed E-state index contributed by atoms with van der Waals surface area (Å²) in [5.74, 6) is 0.569. The number of carbonyl (C=O) groups excluding carboxylic acids is 1. The molecule has 0 spiro atoms. The molecule has 0 saturated heterocycles. The Morgan fingerprint density at radius 2 is 1.73 bits per heavy atom. The molecular formula is C19H22N2O4S. The van der Waals surface area contributed by atoms with Crippen LogP contribution < -0.4 is 14.8 Å². The zero-order valence-corrected chi connectivity index (χ0v) is 15.2. The third kappa shape index (κ3) is 5.31. The minimum Gasteiger partial charge on any atom is -0.494 e. The first-order valence-corrected chi connectivity index (χ1v) is 10.1. The molecule has 0 heterocycles. The second-order valence-electron chi connectivity index (χ2n) is 6.19. The van der Waals surface area contributed by atoms with Crippen LogP contribution in [0.3, 0.4) is 0 Å². The van der Waals surface area contributed by atoms with E-state index in [1.807, 2.05) is 30.3 Å². The van der Waals surface area contributed by atoms with Gasteiger partial charge in [0.1, 0.15) is 5.75 Å². The Morgan fingerprint density at radius 3 is 2.38 bits per heavy atom. The van der Waals surface area contributed by atoms with E-state index in [4.69, 9.17) is 4.74 Å². The van der Waals surface area contributed by atoms with Gasteiger partial charge in [0, 0.05) is 18.2 Å². The lowest BCUT2D eigenvalue weighted by Crippen LogP contribution is -2.27. The molecule has 2 N–H and O–H groups in total. The maximum atomic E-state index is 12.1. The molecule has 1 aliphatic carbocycles. The molecule has 0 radical (unpaired) electrons. The van der Waals surface area contributed by atoms with Crippen molar-refractivity contribution < 1.29 is 17.9 Å². The van der Waals surface area contributed by atoms with Crippen LogP contribution in [0, 0.1) is 0 Å². The SMILES string of the molecule is O=C(NCCCOc1ccccc1)c1ccc(S(=O)(=O)NC2CC2)cc1. The van der Waals surface area contributed by atoms with E-state index >= 15 is 0 Å². The van der Waals surface area contributed by atoms with E-state index in [0.717, 1.165) is 18.6 Å². The summed E-state index contributed by atoms with van der Waals surface area (Å²) in [6.07, 6.45) is 2.44. The van der Waals surface area contributed by atoms with E-state index < -0.39 is 10.0 Å². The van der Waals surface area contributed by atoms with Crippen molar-refractivity contribution in [3.05, 3.63) is 60.2 Å². The molecule has 7 heteroatoms. The van der Waals surface area contributed by atoms with E-state index in [1.54, 1.807) is 0 Å². The number of nitrogens with one attached hydrogen (secondary N) is 2. The molecular weight excluding hydrogens is 352 g/mol. The van der Waals surface area contributed by atoms with Crippen molar-refractivity contribution in [3.8, 4) is 5.75 Å². The third-order valence-electron chi connectivity index (χ3n) is 3.94. The lowest BCUT2D eigenvalue weighted by molar-refractivity contribution is 0.0951. The van der Waals surface area contributed by atoms with Gasteiger partial charge in [-0.2, -0.15) is 0 Å². The summed E-state index contributed by atoms with van der Waals surface area (Å²) in [5.41, 5.74) is 0.430. The van der Waals surface area contributed by atoms with Gasteiger partial charge in [0.15, 0.2) is 0 Å². The lowest BCUT2D eigenvalue weighted by atomic mass is 10.2. The second-order valence-corrected chi connectivity index (χ2v) is 7.90. The average Bonchev–Trinajstić information content (AvgIpc) is 3.45. The molecule has 26 heavy (non-hydrogen) atoms. The maximum Gasteiger partial charge on any atom is 0.251 e.